The van der Waals surface area contributed by atoms with Crippen LogP contribution < -0.4 is 10.1 Å². The molecule has 1 atom stereocenters. The Bertz CT molecular complexity index is 899. The third kappa shape index (κ3) is 4.36. The molecule has 0 fully saturated rings. The Balaban J connectivity index is 1.60. The molecule has 2 heterocycles. The first-order valence-electron chi connectivity index (χ1n) is 9.09. The van der Waals surface area contributed by atoms with E-state index in [2.05, 4.69) is 22.3 Å². The van der Waals surface area contributed by atoms with Crippen LogP contribution in [0.3, 0.4) is 0 Å². The van der Waals surface area contributed by atoms with Gasteiger partial charge in [-0.15, -0.1) is 0 Å². The largest absolute Gasteiger partial charge is 0.494 e. The van der Waals surface area contributed by atoms with Gasteiger partial charge in [0.05, 0.1) is 19.3 Å². The topological polar surface area (TPSA) is 74.0 Å². The van der Waals surface area contributed by atoms with Gasteiger partial charge in [0.25, 0.3) is 0 Å². The number of carbonyl (C=O) groups excluding carboxylic acids is 1. The maximum Gasteiger partial charge on any atom is 0.222 e. The number of carbonyl (C=O) groups is 1. The fourth-order valence-electron chi connectivity index (χ4n) is 2.99. The summed E-state index contributed by atoms with van der Waals surface area (Å²) < 4.78 is 9.16. The molecule has 0 radical (unpaired) electrons. The van der Waals surface area contributed by atoms with Gasteiger partial charge in [-0.1, -0.05) is 19.1 Å². The summed E-state index contributed by atoms with van der Waals surface area (Å²) in [4.78, 5) is 16.6. The lowest BCUT2D eigenvalue weighted by molar-refractivity contribution is -0.121. The molecule has 27 heavy (non-hydrogen) atoms. The molecular weight excluding hydrogens is 342 g/mol. The number of amides is 1. The molecule has 7 nitrogen and oxygen atoms in total. The van der Waals surface area contributed by atoms with Crippen LogP contribution >= 0.6 is 0 Å². The number of aryl methyl sites for hydroxylation is 2. The van der Waals surface area contributed by atoms with E-state index in [4.69, 9.17) is 4.74 Å². The number of methoxy groups -OCH3 is 1. The van der Waals surface area contributed by atoms with Gasteiger partial charge in [-0.3, -0.25) is 4.79 Å². The minimum Gasteiger partial charge on any atom is -0.494 e. The molecule has 1 aromatic carbocycles. The number of rotatable bonds is 8. The average molecular weight is 367 g/mol. The van der Waals surface area contributed by atoms with Crippen molar-refractivity contribution in [3.63, 3.8) is 0 Å². The maximum absolute atomic E-state index is 12.3. The lowest BCUT2D eigenvalue weighted by Gasteiger charge is -2.13. The summed E-state index contributed by atoms with van der Waals surface area (Å²) in [5, 5.41) is 7.44. The number of aromatic nitrogens is 4. The average Bonchev–Trinajstić information content (AvgIpc) is 3.35. The molecule has 0 unspecified atom stereocenters. The van der Waals surface area contributed by atoms with Gasteiger partial charge in [0.1, 0.15) is 17.3 Å². The van der Waals surface area contributed by atoms with E-state index < -0.39 is 0 Å². The van der Waals surface area contributed by atoms with Crippen molar-refractivity contribution in [2.24, 2.45) is 0 Å². The number of ether oxygens (including phenoxy) is 1. The maximum atomic E-state index is 12.3. The second kappa shape index (κ2) is 8.53. The van der Waals surface area contributed by atoms with Gasteiger partial charge >= 0.3 is 0 Å². The van der Waals surface area contributed by atoms with E-state index in [1.807, 2.05) is 48.1 Å². The molecule has 0 aliphatic rings. The molecule has 1 N–H and O–H groups in total. The van der Waals surface area contributed by atoms with Crippen LogP contribution in [0.1, 0.15) is 37.7 Å². The van der Waals surface area contributed by atoms with Crippen LogP contribution in [0, 0.1) is 0 Å². The Morgan fingerprint density at radius 2 is 2.15 bits per heavy atom. The third-order valence-corrected chi connectivity index (χ3v) is 4.51. The lowest BCUT2D eigenvalue weighted by Crippen LogP contribution is -2.27. The number of imidazole rings is 1. The van der Waals surface area contributed by atoms with E-state index in [9.17, 15) is 4.79 Å². The van der Waals surface area contributed by atoms with Gasteiger partial charge in [-0.25, -0.2) is 9.67 Å². The Hall–Kier alpha value is -3.09. The molecule has 7 heteroatoms. The predicted octanol–water partition coefficient (Wildman–Crippen LogP) is 2.91. The van der Waals surface area contributed by atoms with Crippen molar-refractivity contribution in [2.45, 2.75) is 39.3 Å². The van der Waals surface area contributed by atoms with Crippen LogP contribution in [-0.2, 0) is 17.8 Å². The van der Waals surface area contributed by atoms with E-state index in [0.717, 1.165) is 29.2 Å². The van der Waals surface area contributed by atoms with Crippen LogP contribution in [0.2, 0.25) is 0 Å². The van der Waals surface area contributed by atoms with Crippen molar-refractivity contribution in [3.05, 3.63) is 60.4 Å². The molecule has 142 valence electrons. The van der Waals surface area contributed by atoms with Gasteiger partial charge in [-0.2, -0.15) is 5.10 Å². The Morgan fingerprint density at radius 3 is 2.93 bits per heavy atom. The SMILES string of the molecule is CCc1nccn1CCC(=O)N[C@H](C)c1cnn(-c2ccccc2OC)c1. The molecule has 0 aliphatic carbocycles. The highest BCUT2D eigenvalue weighted by Crippen LogP contribution is 2.23. The fourth-order valence-corrected chi connectivity index (χ4v) is 2.99. The smallest absolute Gasteiger partial charge is 0.222 e. The summed E-state index contributed by atoms with van der Waals surface area (Å²) in [7, 11) is 1.64. The summed E-state index contributed by atoms with van der Waals surface area (Å²) >= 11 is 0. The van der Waals surface area contributed by atoms with Gasteiger partial charge < -0.3 is 14.6 Å². The summed E-state index contributed by atoms with van der Waals surface area (Å²) in [6, 6.07) is 7.55. The molecule has 0 aliphatic heterocycles. The first-order chi connectivity index (χ1) is 13.1. The Labute approximate surface area is 159 Å². The number of hydrogen-bond acceptors (Lipinski definition) is 4. The standard InChI is InChI=1S/C20H25N5O2/c1-4-19-21-10-12-24(19)11-9-20(26)23-15(2)16-13-22-25(14-16)17-7-5-6-8-18(17)27-3/h5-8,10,12-15H,4,9,11H2,1-3H3,(H,23,26)/t15-/m1/s1. The highest BCUT2D eigenvalue weighted by molar-refractivity contribution is 5.76. The zero-order chi connectivity index (χ0) is 19.2. The predicted molar refractivity (Wildman–Crippen MR) is 103 cm³/mol. The molecule has 0 saturated heterocycles. The highest BCUT2D eigenvalue weighted by Gasteiger charge is 2.14. The number of hydrogen-bond donors (Lipinski definition) is 1. The lowest BCUT2D eigenvalue weighted by atomic mass is 10.2. The van der Waals surface area contributed by atoms with Crippen LogP contribution in [0.4, 0.5) is 0 Å². The van der Waals surface area contributed by atoms with E-state index >= 15 is 0 Å². The molecule has 0 saturated carbocycles. The molecule has 2 aromatic heterocycles. The number of benzene rings is 1. The third-order valence-electron chi connectivity index (χ3n) is 4.51. The van der Waals surface area contributed by atoms with Gasteiger partial charge in [0.2, 0.25) is 5.91 Å². The fraction of sp³-hybridized carbons (Fsp3) is 0.350. The van der Waals surface area contributed by atoms with E-state index in [0.29, 0.717) is 13.0 Å². The normalized spacial score (nSPS) is 12.0. The van der Waals surface area contributed by atoms with Crippen molar-refractivity contribution in [3.8, 4) is 11.4 Å². The number of nitrogens with one attached hydrogen (secondary N) is 1. The van der Waals surface area contributed by atoms with Crippen molar-refractivity contribution < 1.29 is 9.53 Å². The van der Waals surface area contributed by atoms with Crippen molar-refractivity contribution in [1.29, 1.82) is 0 Å². The minimum absolute atomic E-state index is 0.00305. The molecule has 0 bridgehead atoms. The second-order valence-corrected chi connectivity index (χ2v) is 6.32. The summed E-state index contributed by atoms with van der Waals surface area (Å²) in [6.07, 6.45) is 8.62. The van der Waals surface area contributed by atoms with Crippen LogP contribution in [0.5, 0.6) is 5.75 Å². The molecule has 1 amide bonds. The van der Waals surface area contributed by atoms with Gasteiger partial charge in [0.15, 0.2) is 0 Å². The van der Waals surface area contributed by atoms with Crippen molar-refractivity contribution >= 4 is 5.91 Å². The quantitative estimate of drug-likeness (QED) is 0.664. The van der Waals surface area contributed by atoms with Crippen LogP contribution in [-0.4, -0.2) is 32.3 Å². The Morgan fingerprint density at radius 1 is 1.33 bits per heavy atom. The summed E-state index contributed by atoms with van der Waals surface area (Å²) in [5.74, 6) is 1.74. The molecule has 3 aromatic rings. The zero-order valence-electron chi connectivity index (χ0n) is 15.9. The van der Waals surface area contributed by atoms with E-state index in [-0.39, 0.29) is 11.9 Å². The molecule has 0 spiro atoms. The minimum atomic E-state index is -0.130. The molecular formula is C20H25N5O2. The van der Waals surface area contributed by atoms with Gasteiger partial charge in [0, 0.05) is 43.5 Å². The first-order valence-corrected chi connectivity index (χ1v) is 9.09. The van der Waals surface area contributed by atoms with Crippen molar-refractivity contribution in [2.75, 3.05) is 7.11 Å². The van der Waals surface area contributed by atoms with Crippen LogP contribution in [0.15, 0.2) is 49.1 Å². The first kappa shape index (κ1) is 18.7. The van der Waals surface area contributed by atoms with E-state index in [1.54, 1.807) is 24.2 Å². The summed E-state index contributed by atoms with van der Waals surface area (Å²) in [6.45, 7) is 4.64. The summed E-state index contributed by atoms with van der Waals surface area (Å²) in [5.41, 5.74) is 1.79. The van der Waals surface area contributed by atoms with E-state index in [1.165, 1.54) is 0 Å². The van der Waals surface area contributed by atoms with Crippen molar-refractivity contribution in [1.82, 2.24) is 24.6 Å². The van der Waals surface area contributed by atoms with Crippen LogP contribution in [0.25, 0.3) is 5.69 Å². The highest BCUT2D eigenvalue weighted by atomic mass is 16.5. The van der Waals surface area contributed by atoms with Gasteiger partial charge in [-0.05, 0) is 19.1 Å². The molecule has 3 rings (SSSR count). The second-order valence-electron chi connectivity index (χ2n) is 6.32. The Kier molecular flexibility index (Phi) is 5.90. The monoisotopic (exact) mass is 367 g/mol. The number of nitrogens with zero attached hydrogens (tertiary/aromatic N) is 4. The number of para-hydroxylation sites is 2. The zero-order valence-corrected chi connectivity index (χ0v) is 15.9.